The maximum atomic E-state index is 12.9. The van der Waals surface area contributed by atoms with Gasteiger partial charge < -0.3 is 14.2 Å². The molecule has 6 nitrogen and oxygen atoms in total. The molecule has 1 aromatic heterocycles. The molecule has 0 unspecified atom stereocenters. The SMILES string of the molecule is CCN(CC)C(=O)CN1CCN(C(=O)c2oc3ccc(Cl)cc3c2C)CC1. The van der Waals surface area contributed by atoms with Crippen molar-refractivity contribution >= 4 is 34.4 Å². The van der Waals surface area contributed by atoms with Crippen LogP contribution in [0.3, 0.4) is 0 Å². The second kappa shape index (κ2) is 8.31. The van der Waals surface area contributed by atoms with E-state index < -0.39 is 0 Å². The molecular formula is C20H26ClN3O3. The van der Waals surface area contributed by atoms with Gasteiger partial charge in [0.1, 0.15) is 5.58 Å². The van der Waals surface area contributed by atoms with Gasteiger partial charge in [-0.05, 0) is 39.0 Å². The summed E-state index contributed by atoms with van der Waals surface area (Å²) in [5, 5.41) is 1.49. The molecule has 0 radical (unpaired) electrons. The average Bonchev–Trinajstić information content (AvgIpc) is 2.99. The summed E-state index contributed by atoms with van der Waals surface area (Å²) in [5.74, 6) is 0.416. The highest BCUT2D eigenvalue weighted by atomic mass is 35.5. The number of likely N-dealkylation sites (N-methyl/N-ethyl adjacent to an activating group) is 1. The van der Waals surface area contributed by atoms with E-state index in [4.69, 9.17) is 16.0 Å². The lowest BCUT2D eigenvalue weighted by molar-refractivity contribution is -0.132. The fraction of sp³-hybridized carbons (Fsp3) is 0.500. The highest BCUT2D eigenvalue weighted by molar-refractivity contribution is 6.31. The third-order valence-electron chi connectivity index (χ3n) is 5.23. The number of hydrogen-bond donors (Lipinski definition) is 0. The normalized spacial score (nSPS) is 15.3. The predicted octanol–water partition coefficient (Wildman–Crippen LogP) is 3.02. The first-order valence-electron chi connectivity index (χ1n) is 9.42. The topological polar surface area (TPSA) is 57.0 Å². The van der Waals surface area contributed by atoms with Gasteiger partial charge in [0.25, 0.3) is 5.91 Å². The van der Waals surface area contributed by atoms with Gasteiger partial charge >= 0.3 is 0 Å². The van der Waals surface area contributed by atoms with Crippen molar-refractivity contribution in [1.29, 1.82) is 0 Å². The van der Waals surface area contributed by atoms with Gasteiger partial charge in [0.2, 0.25) is 5.91 Å². The lowest BCUT2D eigenvalue weighted by Crippen LogP contribution is -2.51. The van der Waals surface area contributed by atoms with Gasteiger partial charge in [-0.15, -0.1) is 0 Å². The van der Waals surface area contributed by atoms with Crippen LogP contribution < -0.4 is 0 Å². The van der Waals surface area contributed by atoms with Crippen molar-refractivity contribution in [2.75, 3.05) is 45.8 Å². The smallest absolute Gasteiger partial charge is 0.289 e. The molecule has 0 spiro atoms. The maximum Gasteiger partial charge on any atom is 0.289 e. The van der Waals surface area contributed by atoms with E-state index in [1.807, 2.05) is 31.7 Å². The first-order chi connectivity index (χ1) is 12.9. The van der Waals surface area contributed by atoms with Crippen LogP contribution in [-0.2, 0) is 4.79 Å². The van der Waals surface area contributed by atoms with Gasteiger partial charge in [0.15, 0.2) is 5.76 Å². The Labute approximate surface area is 164 Å². The van der Waals surface area contributed by atoms with E-state index in [9.17, 15) is 9.59 Å². The molecule has 1 fully saturated rings. The molecule has 2 heterocycles. The number of rotatable bonds is 5. The summed E-state index contributed by atoms with van der Waals surface area (Å²) in [6.07, 6.45) is 0. The number of piperazine rings is 1. The van der Waals surface area contributed by atoms with E-state index in [-0.39, 0.29) is 11.8 Å². The van der Waals surface area contributed by atoms with Crippen LogP contribution >= 0.6 is 11.6 Å². The minimum Gasteiger partial charge on any atom is -0.451 e. The third-order valence-corrected chi connectivity index (χ3v) is 5.46. The molecule has 0 bridgehead atoms. The second-order valence-corrected chi connectivity index (χ2v) is 7.27. The van der Waals surface area contributed by atoms with Gasteiger partial charge in [0.05, 0.1) is 6.54 Å². The van der Waals surface area contributed by atoms with Crippen LogP contribution in [0.5, 0.6) is 0 Å². The quantitative estimate of drug-likeness (QED) is 0.786. The molecule has 1 aliphatic rings. The van der Waals surface area contributed by atoms with Gasteiger partial charge in [-0.3, -0.25) is 14.5 Å². The van der Waals surface area contributed by atoms with E-state index in [2.05, 4.69) is 4.90 Å². The molecule has 1 aliphatic heterocycles. The molecule has 146 valence electrons. The fourth-order valence-corrected chi connectivity index (χ4v) is 3.69. The Balaban J connectivity index is 1.64. The Bertz CT molecular complexity index is 836. The van der Waals surface area contributed by atoms with Gasteiger partial charge in [-0.25, -0.2) is 0 Å². The molecule has 7 heteroatoms. The Morgan fingerprint density at radius 1 is 1.15 bits per heavy atom. The Morgan fingerprint density at radius 2 is 1.81 bits per heavy atom. The number of furan rings is 1. The van der Waals surface area contributed by atoms with Crippen LogP contribution in [0, 0.1) is 6.92 Å². The summed E-state index contributed by atoms with van der Waals surface area (Å²) < 4.78 is 5.80. The average molecular weight is 392 g/mol. The van der Waals surface area contributed by atoms with Crippen LogP contribution in [0.1, 0.15) is 30.0 Å². The number of fused-ring (bicyclic) bond motifs is 1. The molecular weight excluding hydrogens is 366 g/mol. The standard InChI is InChI=1S/C20H26ClN3O3/c1-4-23(5-2)18(25)13-22-8-10-24(11-9-22)20(26)19-14(3)16-12-15(21)6-7-17(16)27-19/h6-7,12H,4-5,8-11,13H2,1-3H3. The lowest BCUT2D eigenvalue weighted by Gasteiger charge is -2.34. The van der Waals surface area contributed by atoms with Crippen molar-refractivity contribution in [2.45, 2.75) is 20.8 Å². The molecule has 0 N–H and O–H groups in total. The van der Waals surface area contributed by atoms with Crippen molar-refractivity contribution in [2.24, 2.45) is 0 Å². The number of carbonyl (C=O) groups is 2. The van der Waals surface area contributed by atoms with Gasteiger partial charge in [0, 0.05) is 55.2 Å². The molecule has 2 amide bonds. The molecule has 0 saturated carbocycles. The molecule has 0 aliphatic carbocycles. The van der Waals surface area contributed by atoms with Crippen molar-refractivity contribution < 1.29 is 14.0 Å². The highest BCUT2D eigenvalue weighted by Crippen LogP contribution is 2.28. The van der Waals surface area contributed by atoms with Crippen LogP contribution in [0.2, 0.25) is 5.02 Å². The van der Waals surface area contributed by atoms with Crippen LogP contribution in [0.4, 0.5) is 0 Å². The molecule has 2 aromatic rings. The van der Waals surface area contributed by atoms with Crippen molar-refractivity contribution in [1.82, 2.24) is 14.7 Å². The Kier molecular flexibility index (Phi) is 6.07. The number of aryl methyl sites for hydroxylation is 1. The summed E-state index contributed by atoms with van der Waals surface area (Å²) in [6.45, 7) is 10.3. The minimum absolute atomic E-state index is 0.102. The minimum atomic E-state index is -0.102. The summed E-state index contributed by atoms with van der Waals surface area (Å²) in [7, 11) is 0. The highest BCUT2D eigenvalue weighted by Gasteiger charge is 2.27. The summed E-state index contributed by atoms with van der Waals surface area (Å²) in [6, 6.07) is 5.37. The number of benzene rings is 1. The third kappa shape index (κ3) is 4.12. The van der Waals surface area contributed by atoms with E-state index in [0.29, 0.717) is 49.1 Å². The second-order valence-electron chi connectivity index (χ2n) is 6.83. The Hall–Kier alpha value is -2.05. The van der Waals surface area contributed by atoms with E-state index in [1.54, 1.807) is 17.0 Å². The predicted molar refractivity (Wildman–Crippen MR) is 106 cm³/mol. The molecule has 3 rings (SSSR count). The van der Waals surface area contributed by atoms with Crippen molar-refractivity contribution in [3.8, 4) is 0 Å². The fourth-order valence-electron chi connectivity index (χ4n) is 3.52. The van der Waals surface area contributed by atoms with Crippen LogP contribution in [0.25, 0.3) is 11.0 Å². The van der Waals surface area contributed by atoms with E-state index >= 15 is 0 Å². The number of amides is 2. The zero-order chi connectivity index (χ0) is 19.6. The first kappa shape index (κ1) is 19.7. The van der Waals surface area contributed by atoms with Gasteiger partial charge in [-0.1, -0.05) is 11.6 Å². The van der Waals surface area contributed by atoms with Crippen molar-refractivity contribution in [3.05, 3.63) is 34.5 Å². The monoisotopic (exact) mass is 391 g/mol. The Morgan fingerprint density at radius 3 is 2.44 bits per heavy atom. The number of nitrogens with zero attached hydrogens (tertiary/aromatic N) is 3. The zero-order valence-electron chi connectivity index (χ0n) is 16.1. The van der Waals surface area contributed by atoms with Crippen LogP contribution in [-0.4, -0.2) is 72.3 Å². The molecule has 1 aromatic carbocycles. The number of hydrogen-bond acceptors (Lipinski definition) is 4. The zero-order valence-corrected chi connectivity index (χ0v) is 16.9. The number of halogens is 1. The molecule has 27 heavy (non-hydrogen) atoms. The van der Waals surface area contributed by atoms with Gasteiger partial charge in [-0.2, -0.15) is 0 Å². The van der Waals surface area contributed by atoms with Crippen LogP contribution in [0.15, 0.2) is 22.6 Å². The van der Waals surface area contributed by atoms with E-state index in [0.717, 1.165) is 24.0 Å². The summed E-state index contributed by atoms with van der Waals surface area (Å²) in [5.41, 5.74) is 1.49. The largest absolute Gasteiger partial charge is 0.451 e. The summed E-state index contributed by atoms with van der Waals surface area (Å²) >= 11 is 6.06. The van der Waals surface area contributed by atoms with Crippen molar-refractivity contribution in [3.63, 3.8) is 0 Å². The number of carbonyl (C=O) groups excluding carboxylic acids is 2. The molecule has 0 atom stereocenters. The lowest BCUT2D eigenvalue weighted by atomic mass is 10.1. The molecule has 1 saturated heterocycles. The van der Waals surface area contributed by atoms with E-state index in [1.165, 1.54) is 0 Å². The first-order valence-corrected chi connectivity index (χ1v) is 9.80. The maximum absolute atomic E-state index is 12.9. The summed E-state index contributed by atoms with van der Waals surface area (Å²) in [4.78, 5) is 30.9.